The fourth-order valence-corrected chi connectivity index (χ4v) is 3.02. The van der Waals surface area contributed by atoms with Crippen LogP contribution in [0.15, 0.2) is 71.3 Å². The molecule has 0 aliphatic carbocycles. The van der Waals surface area contributed by atoms with Crippen LogP contribution in [-0.4, -0.2) is 39.5 Å². The Morgan fingerprint density at radius 1 is 1.00 bits per heavy atom. The number of aromatic nitrogens is 4. The van der Waals surface area contributed by atoms with Crippen LogP contribution in [0.1, 0.15) is 18.9 Å². The minimum Gasteiger partial charge on any atom is -0.367 e. The third-order valence-corrected chi connectivity index (χ3v) is 4.69. The highest BCUT2D eigenvalue weighted by Crippen LogP contribution is 2.19. The average Bonchev–Trinajstić information content (AvgIpc) is 3.34. The van der Waals surface area contributed by atoms with E-state index in [1.165, 1.54) is 12.1 Å². The van der Waals surface area contributed by atoms with Crippen LogP contribution in [0.5, 0.6) is 0 Å². The minimum atomic E-state index is -0.524. The van der Waals surface area contributed by atoms with E-state index in [0.717, 1.165) is 11.3 Å². The van der Waals surface area contributed by atoms with Crippen LogP contribution in [0, 0.1) is 5.82 Å². The van der Waals surface area contributed by atoms with Crippen LogP contribution in [0.3, 0.4) is 0 Å². The summed E-state index contributed by atoms with van der Waals surface area (Å²) in [5.74, 6) is 0.690. The van der Waals surface area contributed by atoms with Gasteiger partial charge < -0.3 is 20.5 Å². The van der Waals surface area contributed by atoms with Crippen LogP contribution in [0.25, 0.3) is 22.6 Å². The van der Waals surface area contributed by atoms with Crippen molar-refractivity contribution in [1.29, 1.82) is 0 Å². The summed E-state index contributed by atoms with van der Waals surface area (Å²) in [6.07, 6.45) is 0. The van der Waals surface area contributed by atoms with Crippen LogP contribution in [0.4, 0.5) is 15.0 Å². The number of anilines is 1. The second kappa shape index (κ2) is 10.3. The van der Waals surface area contributed by atoms with Gasteiger partial charge >= 0.3 is 6.03 Å². The molecule has 33 heavy (non-hydrogen) atoms. The van der Waals surface area contributed by atoms with E-state index < -0.39 is 11.9 Å². The molecule has 2 aromatic heterocycles. The zero-order chi connectivity index (χ0) is 23.0. The molecule has 1 atom stereocenters. The first kappa shape index (κ1) is 21.9. The molecule has 0 aliphatic rings. The Kier molecular flexibility index (Phi) is 6.84. The number of hydrogen-bond acceptors (Lipinski definition) is 7. The van der Waals surface area contributed by atoms with Crippen molar-refractivity contribution in [2.75, 3.05) is 18.4 Å². The van der Waals surface area contributed by atoms with E-state index in [1.807, 2.05) is 42.5 Å². The molecule has 10 heteroatoms. The van der Waals surface area contributed by atoms with Gasteiger partial charge in [-0.05, 0) is 31.2 Å². The fraction of sp³-hybridized carbons (Fsp3) is 0.174. The van der Waals surface area contributed by atoms with Crippen LogP contribution in [-0.2, 0) is 0 Å². The van der Waals surface area contributed by atoms with Gasteiger partial charge in [0.25, 0.3) is 0 Å². The Morgan fingerprint density at radius 2 is 1.82 bits per heavy atom. The summed E-state index contributed by atoms with van der Waals surface area (Å²) in [7, 11) is 0. The van der Waals surface area contributed by atoms with Crippen molar-refractivity contribution in [3.63, 3.8) is 0 Å². The highest BCUT2D eigenvalue weighted by molar-refractivity contribution is 5.74. The van der Waals surface area contributed by atoms with Gasteiger partial charge in [0, 0.05) is 24.2 Å². The summed E-state index contributed by atoms with van der Waals surface area (Å²) >= 11 is 0. The molecule has 4 aromatic rings. The van der Waals surface area contributed by atoms with E-state index in [2.05, 4.69) is 36.3 Å². The van der Waals surface area contributed by atoms with Gasteiger partial charge in [0.05, 0.1) is 5.69 Å². The predicted molar refractivity (Wildman–Crippen MR) is 121 cm³/mol. The van der Waals surface area contributed by atoms with E-state index in [-0.39, 0.29) is 17.7 Å². The highest BCUT2D eigenvalue weighted by atomic mass is 19.1. The lowest BCUT2D eigenvalue weighted by molar-refractivity contribution is 0.234. The molecule has 0 spiro atoms. The lowest BCUT2D eigenvalue weighted by atomic mass is 10.1. The summed E-state index contributed by atoms with van der Waals surface area (Å²) in [5.41, 5.74) is 2.27. The summed E-state index contributed by atoms with van der Waals surface area (Å²) < 4.78 is 18.6. The molecule has 0 aliphatic heterocycles. The van der Waals surface area contributed by atoms with Gasteiger partial charge in [0.2, 0.25) is 11.7 Å². The van der Waals surface area contributed by atoms with E-state index >= 15 is 0 Å². The van der Waals surface area contributed by atoms with Crippen molar-refractivity contribution in [2.45, 2.75) is 13.0 Å². The molecule has 1 unspecified atom stereocenters. The molecule has 2 heterocycles. The van der Waals surface area contributed by atoms with Crippen molar-refractivity contribution < 1.29 is 13.7 Å². The third-order valence-electron chi connectivity index (χ3n) is 4.69. The van der Waals surface area contributed by atoms with Gasteiger partial charge in [-0.2, -0.15) is 4.98 Å². The standard InChI is InChI=1S/C23H22FN7O2/c1-15(22-28-21(31-33-22)17-8-5-9-18(24)14-17)27-23(32)26-13-12-25-20-11-10-19(29-30-20)16-6-3-2-4-7-16/h2-11,14-15H,12-13H2,1H3,(H,25,30)(H2,26,27,32). The molecule has 0 saturated carbocycles. The van der Waals surface area contributed by atoms with Gasteiger partial charge in [-0.1, -0.05) is 47.6 Å². The molecule has 0 radical (unpaired) electrons. The Balaban J connectivity index is 1.20. The molecule has 0 fully saturated rings. The highest BCUT2D eigenvalue weighted by Gasteiger charge is 2.17. The number of benzene rings is 2. The largest absolute Gasteiger partial charge is 0.367 e. The zero-order valence-corrected chi connectivity index (χ0v) is 17.8. The number of carbonyl (C=O) groups is 1. The van der Waals surface area contributed by atoms with E-state index in [4.69, 9.17) is 4.52 Å². The summed E-state index contributed by atoms with van der Waals surface area (Å²) in [5, 5.41) is 20.8. The fourth-order valence-electron chi connectivity index (χ4n) is 3.02. The number of halogens is 1. The average molecular weight is 447 g/mol. The Bertz CT molecular complexity index is 1200. The number of urea groups is 1. The summed E-state index contributed by atoms with van der Waals surface area (Å²) in [6.45, 7) is 2.54. The van der Waals surface area contributed by atoms with Gasteiger partial charge in [0.1, 0.15) is 17.7 Å². The smallest absolute Gasteiger partial charge is 0.315 e. The van der Waals surface area contributed by atoms with E-state index in [1.54, 1.807) is 19.1 Å². The van der Waals surface area contributed by atoms with E-state index in [0.29, 0.717) is 24.5 Å². The monoisotopic (exact) mass is 447 g/mol. The first-order chi connectivity index (χ1) is 16.1. The molecule has 168 valence electrons. The molecule has 2 aromatic carbocycles. The minimum absolute atomic E-state index is 0.219. The molecular formula is C23H22FN7O2. The molecule has 4 rings (SSSR count). The van der Waals surface area contributed by atoms with Crippen LogP contribution in [0.2, 0.25) is 0 Å². The maximum absolute atomic E-state index is 13.4. The number of hydrogen-bond donors (Lipinski definition) is 3. The lowest BCUT2D eigenvalue weighted by Gasteiger charge is -2.11. The molecule has 9 nitrogen and oxygen atoms in total. The van der Waals surface area contributed by atoms with Crippen molar-refractivity contribution in [2.24, 2.45) is 0 Å². The van der Waals surface area contributed by atoms with E-state index in [9.17, 15) is 9.18 Å². The van der Waals surface area contributed by atoms with Crippen LogP contribution < -0.4 is 16.0 Å². The zero-order valence-electron chi connectivity index (χ0n) is 17.8. The number of carbonyl (C=O) groups excluding carboxylic acids is 1. The maximum Gasteiger partial charge on any atom is 0.315 e. The summed E-state index contributed by atoms with van der Waals surface area (Å²) in [4.78, 5) is 16.4. The molecule has 0 saturated heterocycles. The quantitative estimate of drug-likeness (QED) is 0.352. The van der Waals surface area contributed by atoms with Crippen molar-refractivity contribution in [1.82, 2.24) is 31.0 Å². The SMILES string of the molecule is CC(NC(=O)NCCNc1ccc(-c2ccccc2)nn1)c1nc(-c2cccc(F)c2)no1. The molecule has 3 N–H and O–H groups in total. The number of nitrogens with zero attached hydrogens (tertiary/aromatic N) is 4. The van der Waals surface area contributed by atoms with Gasteiger partial charge in [-0.3, -0.25) is 0 Å². The Morgan fingerprint density at radius 3 is 2.58 bits per heavy atom. The van der Waals surface area contributed by atoms with Crippen molar-refractivity contribution in [3.8, 4) is 22.6 Å². The topological polar surface area (TPSA) is 118 Å². The first-order valence-corrected chi connectivity index (χ1v) is 10.4. The van der Waals surface area contributed by atoms with Crippen LogP contribution >= 0.6 is 0 Å². The molecular weight excluding hydrogens is 425 g/mol. The molecule has 0 bridgehead atoms. The lowest BCUT2D eigenvalue weighted by Crippen LogP contribution is -2.39. The van der Waals surface area contributed by atoms with Gasteiger partial charge in [0.15, 0.2) is 0 Å². The predicted octanol–water partition coefficient (Wildman–Crippen LogP) is 3.81. The first-order valence-electron chi connectivity index (χ1n) is 10.4. The van der Waals surface area contributed by atoms with Gasteiger partial charge in [-0.15, -0.1) is 10.2 Å². The van der Waals surface area contributed by atoms with Gasteiger partial charge in [-0.25, -0.2) is 9.18 Å². The van der Waals surface area contributed by atoms with Crippen molar-refractivity contribution >= 4 is 11.8 Å². The third kappa shape index (κ3) is 5.88. The Labute approximate surface area is 189 Å². The summed E-state index contributed by atoms with van der Waals surface area (Å²) in [6, 6.07) is 18.5. The molecule has 2 amide bonds. The maximum atomic E-state index is 13.4. The Hall–Kier alpha value is -4.34. The second-order valence-electron chi connectivity index (χ2n) is 7.19. The van der Waals surface area contributed by atoms with Crippen molar-refractivity contribution in [3.05, 3.63) is 78.4 Å². The normalized spacial score (nSPS) is 11.6. The second-order valence-corrected chi connectivity index (χ2v) is 7.19. The number of rotatable bonds is 8. The number of amides is 2. The number of nitrogens with one attached hydrogen (secondary N) is 3.